The molecular weight excluding hydrogens is 819 g/mol. The number of para-hydroxylation sites is 2. The monoisotopic (exact) mass is 857 g/mol. The molecule has 0 unspecified atom stereocenters. The Morgan fingerprint density at radius 1 is 0.343 bits per heavy atom. The predicted octanol–water partition coefficient (Wildman–Crippen LogP) is 15.3. The van der Waals surface area contributed by atoms with Crippen LogP contribution in [-0.4, -0.2) is 14.5 Å². The Labute approximate surface area is 388 Å². The van der Waals surface area contributed by atoms with Crippen molar-refractivity contribution in [2.45, 2.75) is 0 Å². The van der Waals surface area contributed by atoms with Gasteiger partial charge >= 0.3 is 0 Å². The molecule has 0 saturated heterocycles. The lowest BCUT2D eigenvalue weighted by atomic mass is 10.1. The summed E-state index contributed by atoms with van der Waals surface area (Å²) in [4.78, 5) is 14.6. The molecule has 0 bridgehead atoms. The van der Waals surface area contributed by atoms with Crippen LogP contribution in [-0.2, 0) is 0 Å². The first-order valence-electron chi connectivity index (χ1n) is 22.0. The first-order valence-corrected chi connectivity index (χ1v) is 22.0. The van der Waals surface area contributed by atoms with E-state index in [1.807, 2.05) is 133 Å². The number of benzene rings is 9. The van der Waals surface area contributed by atoms with Crippen molar-refractivity contribution in [2.24, 2.45) is 0 Å². The molecule has 9 aromatic carbocycles. The molecule has 0 N–H and O–H groups in total. The van der Waals surface area contributed by atoms with Crippen molar-refractivity contribution in [1.29, 1.82) is 10.5 Å². The molecule has 2 heterocycles. The Kier molecular flexibility index (Phi) is 10.5. The Balaban J connectivity index is 1.09. The highest BCUT2D eigenvalue weighted by Crippen LogP contribution is 2.43. The van der Waals surface area contributed by atoms with Crippen molar-refractivity contribution in [2.75, 3.05) is 9.80 Å². The Bertz CT molecular complexity index is 3400. The molecule has 0 saturated carbocycles. The van der Waals surface area contributed by atoms with Crippen LogP contribution in [0, 0.1) is 22.7 Å². The van der Waals surface area contributed by atoms with Crippen molar-refractivity contribution in [3.8, 4) is 51.7 Å². The van der Waals surface area contributed by atoms with E-state index in [1.165, 1.54) is 0 Å². The average molecular weight is 858 g/mol. The van der Waals surface area contributed by atoms with Crippen LogP contribution in [0.15, 0.2) is 237 Å². The molecule has 0 fully saturated rings. The van der Waals surface area contributed by atoms with Gasteiger partial charge in [0.15, 0.2) is 5.82 Å². The quantitative estimate of drug-likeness (QED) is 0.136. The molecule has 67 heavy (non-hydrogen) atoms. The Hall–Kier alpha value is -9.56. The summed E-state index contributed by atoms with van der Waals surface area (Å²) < 4.78 is 2.33. The minimum atomic E-state index is 0.604. The number of hydrogen-bond donors (Lipinski definition) is 0. The summed E-state index contributed by atoms with van der Waals surface area (Å²) in [5.41, 5.74) is 14.8. The van der Waals surface area contributed by atoms with Gasteiger partial charge in [0.25, 0.3) is 0 Å². The minimum Gasteiger partial charge on any atom is -0.310 e. The summed E-state index contributed by atoms with van der Waals surface area (Å²) in [7, 11) is 0. The molecule has 0 amide bonds. The summed E-state index contributed by atoms with van der Waals surface area (Å²) in [6, 6.07) is 84.9. The maximum atomic E-state index is 9.64. The van der Waals surface area contributed by atoms with Crippen LogP contribution in [0.2, 0.25) is 0 Å². The molecule has 11 rings (SSSR count). The van der Waals surface area contributed by atoms with E-state index in [0.29, 0.717) is 17.0 Å². The first kappa shape index (κ1) is 40.2. The smallest absolute Gasteiger partial charge is 0.160 e. The zero-order chi connectivity index (χ0) is 45.1. The number of anilines is 6. The van der Waals surface area contributed by atoms with E-state index in [-0.39, 0.29) is 0 Å². The van der Waals surface area contributed by atoms with Gasteiger partial charge in [-0.2, -0.15) is 10.5 Å². The molecule has 2 aromatic heterocycles. The molecule has 0 aliphatic heterocycles. The van der Waals surface area contributed by atoms with Crippen LogP contribution in [0.3, 0.4) is 0 Å². The molecule has 0 spiro atoms. The minimum absolute atomic E-state index is 0.604. The molecule has 7 heteroatoms. The molecular formula is C60H39N7. The third-order valence-corrected chi connectivity index (χ3v) is 12.0. The average Bonchev–Trinajstić information content (AvgIpc) is 3.73. The summed E-state index contributed by atoms with van der Waals surface area (Å²) in [5, 5.41) is 21.4. The highest BCUT2D eigenvalue weighted by atomic mass is 15.1. The molecule has 11 aromatic rings. The standard InChI is InChI=1S/C60H39N7/c61-40-42-21-27-49(28-22-42)65(47-17-9-3-10-18-47)52-33-35-58-54(37-52)55-38-53(66(48-19-11-4-12-20-48)50-29-23-43(41-62)24-30-50)34-36-59(55)67(58)51-31-25-45(26-32-51)57-39-56(44-13-5-1-6-14-44)63-60(64-57)46-15-7-2-8-16-46/h1-39H. The van der Waals surface area contributed by atoms with E-state index in [9.17, 15) is 10.5 Å². The lowest BCUT2D eigenvalue weighted by Crippen LogP contribution is -2.10. The topological polar surface area (TPSA) is 84.8 Å². The summed E-state index contributed by atoms with van der Waals surface area (Å²) in [6.45, 7) is 0. The number of rotatable bonds is 10. The SMILES string of the molecule is N#Cc1ccc(N(c2ccccc2)c2ccc3c(c2)c2cc(N(c4ccccc4)c4ccc(C#N)cc4)ccc2n3-c2ccc(-c3cc(-c4ccccc4)nc(-c4ccccc4)n3)cc2)cc1. The molecule has 0 atom stereocenters. The van der Waals surface area contributed by atoms with E-state index in [4.69, 9.17) is 9.97 Å². The van der Waals surface area contributed by atoms with E-state index in [2.05, 4.69) is 130 Å². The van der Waals surface area contributed by atoms with E-state index in [1.54, 1.807) is 0 Å². The van der Waals surface area contributed by atoms with Crippen molar-refractivity contribution in [1.82, 2.24) is 14.5 Å². The van der Waals surface area contributed by atoms with Gasteiger partial charge in [0.1, 0.15) is 0 Å². The van der Waals surface area contributed by atoms with Crippen LogP contribution in [0.5, 0.6) is 0 Å². The maximum Gasteiger partial charge on any atom is 0.160 e. The Morgan fingerprint density at radius 3 is 1.15 bits per heavy atom. The normalized spacial score (nSPS) is 11.0. The van der Waals surface area contributed by atoms with E-state index in [0.717, 1.165) is 89.7 Å². The van der Waals surface area contributed by atoms with E-state index >= 15 is 0 Å². The second-order valence-electron chi connectivity index (χ2n) is 16.1. The molecule has 7 nitrogen and oxygen atoms in total. The number of nitriles is 2. The van der Waals surface area contributed by atoms with E-state index < -0.39 is 0 Å². The van der Waals surface area contributed by atoms with Gasteiger partial charge in [0.05, 0.1) is 45.7 Å². The number of hydrogen-bond acceptors (Lipinski definition) is 6. The van der Waals surface area contributed by atoms with Gasteiger partial charge in [0, 0.05) is 67.3 Å². The van der Waals surface area contributed by atoms with Crippen molar-refractivity contribution >= 4 is 55.9 Å². The van der Waals surface area contributed by atoms with Crippen LogP contribution in [0.25, 0.3) is 61.4 Å². The van der Waals surface area contributed by atoms with Crippen LogP contribution >= 0.6 is 0 Å². The largest absolute Gasteiger partial charge is 0.310 e. The van der Waals surface area contributed by atoms with Crippen LogP contribution < -0.4 is 9.80 Å². The zero-order valence-electron chi connectivity index (χ0n) is 36.1. The lowest BCUT2D eigenvalue weighted by Gasteiger charge is -2.26. The molecule has 0 radical (unpaired) electrons. The van der Waals surface area contributed by atoms with Gasteiger partial charge < -0.3 is 14.4 Å². The van der Waals surface area contributed by atoms with Gasteiger partial charge in [0.2, 0.25) is 0 Å². The van der Waals surface area contributed by atoms with Gasteiger partial charge in [-0.3, -0.25) is 0 Å². The van der Waals surface area contributed by atoms with Gasteiger partial charge in [-0.15, -0.1) is 0 Å². The highest BCUT2D eigenvalue weighted by Gasteiger charge is 2.21. The van der Waals surface area contributed by atoms with Crippen molar-refractivity contribution in [3.05, 3.63) is 248 Å². The van der Waals surface area contributed by atoms with Gasteiger partial charge in [-0.1, -0.05) is 109 Å². The second kappa shape index (κ2) is 17.5. The zero-order valence-corrected chi connectivity index (χ0v) is 36.1. The number of aromatic nitrogens is 3. The first-order chi connectivity index (χ1) is 33.1. The van der Waals surface area contributed by atoms with Crippen molar-refractivity contribution < 1.29 is 0 Å². The summed E-state index contributed by atoms with van der Waals surface area (Å²) in [5.74, 6) is 0.672. The molecule has 0 aliphatic carbocycles. The van der Waals surface area contributed by atoms with Crippen LogP contribution in [0.1, 0.15) is 11.1 Å². The lowest BCUT2D eigenvalue weighted by molar-refractivity contribution is 1.17. The highest BCUT2D eigenvalue weighted by molar-refractivity contribution is 6.12. The van der Waals surface area contributed by atoms with Crippen LogP contribution in [0.4, 0.5) is 34.1 Å². The van der Waals surface area contributed by atoms with Gasteiger partial charge in [-0.25, -0.2) is 9.97 Å². The van der Waals surface area contributed by atoms with Gasteiger partial charge in [-0.05, 0) is 127 Å². The fourth-order valence-corrected chi connectivity index (χ4v) is 8.82. The second-order valence-corrected chi connectivity index (χ2v) is 16.1. The summed E-state index contributed by atoms with van der Waals surface area (Å²) in [6.07, 6.45) is 0. The molecule has 0 aliphatic rings. The third kappa shape index (κ3) is 7.80. The Morgan fingerprint density at radius 2 is 0.716 bits per heavy atom. The van der Waals surface area contributed by atoms with Crippen molar-refractivity contribution in [3.63, 3.8) is 0 Å². The predicted molar refractivity (Wildman–Crippen MR) is 271 cm³/mol. The number of fused-ring (bicyclic) bond motifs is 3. The maximum absolute atomic E-state index is 9.64. The number of nitrogens with zero attached hydrogens (tertiary/aromatic N) is 7. The third-order valence-electron chi connectivity index (χ3n) is 12.0. The fourth-order valence-electron chi connectivity index (χ4n) is 8.82. The fraction of sp³-hybridized carbons (Fsp3) is 0. The summed E-state index contributed by atoms with van der Waals surface area (Å²) >= 11 is 0. The molecule has 314 valence electrons.